The molecular weight excluding hydrogens is 356 g/mol. The summed E-state index contributed by atoms with van der Waals surface area (Å²) in [5.74, 6) is -2.14. The molecule has 160 valence electrons. The third kappa shape index (κ3) is 20.5. The van der Waals surface area contributed by atoms with Gasteiger partial charge in [-0.1, -0.05) is 27.7 Å². The molecule has 0 bridgehead atoms. The Labute approximate surface area is 161 Å². The maximum atomic E-state index is 10.7. The van der Waals surface area contributed by atoms with E-state index in [1.165, 1.54) is 0 Å². The van der Waals surface area contributed by atoms with Crippen LogP contribution in [0.1, 0.15) is 59.8 Å². The fraction of sp³-hybridized carbons (Fsp3) is 0.842. The van der Waals surface area contributed by atoms with Gasteiger partial charge in [-0.15, -0.1) is 0 Å². The van der Waals surface area contributed by atoms with Gasteiger partial charge in [0.05, 0.1) is 13.2 Å². The minimum atomic E-state index is -0.924. The maximum Gasteiger partial charge on any atom is 0.332 e. The second-order valence-corrected chi connectivity index (χ2v) is 7.35. The van der Waals surface area contributed by atoms with E-state index in [1.807, 2.05) is 13.8 Å². The van der Waals surface area contributed by atoms with E-state index in [1.54, 1.807) is 7.11 Å². The Bertz CT molecular complexity index is 404. The SMILES string of the molecule is CC(C)CC(CC(=O)O)CC(=O)O.COCCOC(CCC(C)C)C(=O)O. The van der Waals surface area contributed by atoms with Crippen LogP contribution in [0.15, 0.2) is 0 Å². The Morgan fingerprint density at radius 1 is 0.815 bits per heavy atom. The molecule has 0 amide bonds. The molecule has 0 saturated heterocycles. The summed E-state index contributed by atoms with van der Waals surface area (Å²) in [6, 6.07) is 0. The first-order chi connectivity index (χ1) is 12.5. The van der Waals surface area contributed by atoms with Gasteiger partial charge in [-0.3, -0.25) is 9.59 Å². The van der Waals surface area contributed by atoms with Crippen LogP contribution in [-0.2, 0) is 23.9 Å². The van der Waals surface area contributed by atoms with Crippen molar-refractivity contribution in [3.05, 3.63) is 0 Å². The summed E-state index contributed by atoms with van der Waals surface area (Å²) in [5, 5.41) is 25.9. The van der Waals surface area contributed by atoms with Crippen LogP contribution in [0.3, 0.4) is 0 Å². The Balaban J connectivity index is 0. The van der Waals surface area contributed by atoms with Crippen molar-refractivity contribution in [1.82, 2.24) is 0 Å². The van der Waals surface area contributed by atoms with E-state index in [0.717, 1.165) is 6.42 Å². The molecule has 0 radical (unpaired) electrons. The topological polar surface area (TPSA) is 130 Å². The standard InChI is InChI=1S/C10H20O4.C9H16O4/c1-8(2)4-5-9(10(11)12)14-7-6-13-3;1-6(2)3-7(4-8(10)11)5-9(12)13/h8-9H,4-7H2,1-3H3,(H,11,12);6-7H,3-5H2,1-2H3,(H,10,11)(H,12,13). The number of hydrogen-bond donors (Lipinski definition) is 3. The lowest BCUT2D eigenvalue weighted by Crippen LogP contribution is -2.25. The first-order valence-electron chi connectivity index (χ1n) is 9.26. The number of rotatable bonds is 14. The summed E-state index contributed by atoms with van der Waals surface area (Å²) in [6.45, 7) is 8.81. The number of carbonyl (C=O) groups is 3. The summed E-state index contributed by atoms with van der Waals surface area (Å²) in [5.41, 5.74) is 0. The molecule has 1 unspecified atom stereocenters. The fourth-order valence-corrected chi connectivity index (χ4v) is 2.44. The van der Waals surface area contributed by atoms with Gasteiger partial charge in [-0.05, 0) is 37.0 Å². The van der Waals surface area contributed by atoms with E-state index in [4.69, 9.17) is 24.8 Å². The van der Waals surface area contributed by atoms with Crippen molar-refractivity contribution in [1.29, 1.82) is 0 Å². The number of hydrogen-bond acceptors (Lipinski definition) is 5. The van der Waals surface area contributed by atoms with Crippen molar-refractivity contribution in [2.45, 2.75) is 65.9 Å². The summed E-state index contributed by atoms with van der Waals surface area (Å²) in [7, 11) is 1.56. The molecule has 0 aromatic rings. The second kappa shape index (κ2) is 16.5. The van der Waals surface area contributed by atoms with Gasteiger partial charge in [0.2, 0.25) is 0 Å². The first-order valence-corrected chi connectivity index (χ1v) is 9.26. The number of methoxy groups -OCH3 is 1. The molecule has 0 heterocycles. The molecule has 8 heteroatoms. The van der Waals surface area contributed by atoms with Gasteiger partial charge >= 0.3 is 17.9 Å². The van der Waals surface area contributed by atoms with E-state index in [9.17, 15) is 14.4 Å². The van der Waals surface area contributed by atoms with Crippen LogP contribution >= 0.6 is 0 Å². The minimum absolute atomic E-state index is 0.0511. The summed E-state index contributed by atoms with van der Waals surface area (Å²) in [6.07, 6.45) is 1.29. The van der Waals surface area contributed by atoms with Crippen LogP contribution in [0.2, 0.25) is 0 Å². The predicted octanol–water partition coefficient (Wildman–Crippen LogP) is 3.14. The molecule has 3 N–H and O–H groups in total. The van der Waals surface area contributed by atoms with Gasteiger partial charge < -0.3 is 24.8 Å². The fourth-order valence-electron chi connectivity index (χ4n) is 2.44. The van der Waals surface area contributed by atoms with Crippen LogP contribution in [0.25, 0.3) is 0 Å². The highest BCUT2D eigenvalue weighted by atomic mass is 16.5. The lowest BCUT2D eigenvalue weighted by atomic mass is 9.91. The molecule has 0 aliphatic rings. The van der Waals surface area contributed by atoms with E-state index in [2.05, 4.69) is 13.8 Å². The summed E-state index contributed by atoms with van der Waals surface area (Å²) >= 11 is 0. The van der Waals surface area contributed by atoms with E-state index >= 15 is 0 Å². The Morgan fingerprint density at radius 2 is 1.33 bits per heavy atom. The molecule has 0 aliphatic carbocycles. The zero-order valence-electron chi connectivity index (χ0n) is 17.1. The molecule has 0 spiro atoms. The van der Waals surface area contributed by atoms with Crippen molar-refractivity contribution in [3.8, 4) is 0 Å². The number of carboxylic acid groups (broad SMARTS) is 3. The predicted molar refractivity (Wildman–Crippen MR) is 101 cm³/mol. The number of carboxylic acids is 3. The Kier molecular flexibility index (Phi) is 16.8. The van der Waals surface area contributed by atoms with E-state index < -0.39 is 24.0 Å². The van der Waals surface area contributed by atoms with Crippen molar-refractivity contribution >= 4 is 17.9 Å². The van der Waals surface area contributed by atoms with Crippen molar-refractivity contribution < 1.29 is 39.2 Å². The lowest BCUT2D eigenvalue weighted by Gasteiger charge is -2.14. The van der Waals surface area contributed by atoms with Gasteiger partial charge in [0.15, 0.2) is 6.10 Å². The monoisotopic (exact) mass is 392 g/mol. The average molecular weight is 392 g/mol. The molecular formula is C19H36O8. The Hall–Kier alpha value is -1.67. The van der Waals surface area contributed by atoms with Crippen LogP contribution in [0.4, 0.5) is 0 Å². The largest absolute Gasteiger partial charge is 0.481 e. The Morgan fingerprint density at radius 3 is 1.67 bits per heavy atom. The highest BCUT2D eigenvalue weighted by Gasteiger charge is 2.18. The molecule has 1 atom stereocenters. The number of ether oxygens (including phenoxy) is 2. The van der Waals surface area contributed by atoms with Gasteiger partial charge in [0.1, 0.15) is 0 Å². The van der Waals surface area contributed by atoms with Crippen LogP contribution in [0.5, 0.6) is 0 Å². The van der Waals surface area contributed by atoms with Gasteiger partial charge in [0.25, 0.3) is 0 Å². The third-order valence-electron chi connectivity index (χ3n) is 3.62. The molecule has 0 aromatic heterocycles. The highest BCUT2D eigenvalue weighted by Crippen LogP contribution is 2.19. The normalized spacial score (nSPS) is 12.0. The molecule has 0 saturated carbocycles. The van der Waals surface area contributed by atoms with Gasteiger partial charge in [-0.2, -0.15) is 0 Å². The van der Waals surface area contributed by atoms with Crippen LogP contribution in [0, 0.1) is 17.8 Å². The lowest BCUT2D eigenvalue weighted by molar-refractivity contribution is -0.152. The molecule has 27 heavy (non-hydrogen) atoms. The zero-order valence-corrected chi connectivity index (χ0v) is 17.1. The zero-order chi connectivity index (χ0) is 21.4. The molecule has 0 aromatic carbocycles. The summed E-state index contributed by atoms with van der Waals surface area (Å²) in [4.78, 5) is 31.5. The molecule has 8 nitrogen and oxygen atoms in total. The van der Waals surface area contributed by atoms with Crippen LogP contribution in [-0.4, -0.2) is 59.7 Å². The third-order valence-corrected chi connectivity index (χ3v) is 3.62. The number of aliphatic carboxylic acids is 3. The van der Waals surface area contributed by atoms with Crippen molar-refractivity contribution in [3.63, 3.8) is 0 Å². The highest BCUT2D eigenvalue weighted by molar-refractivity contribution is 5.72. The molecule has 0 rings (SSSR count). The quantitative estimate of drug-likeness (QED) is 0.384. The van der Waals surface area contributed by atoms with Crippen LogP contribution < -0.4 is 0 Å². The average Bonchev–Trinajstić information content (AvgIpc) is 2.48. The minimum Gasteiger partial charge on any atom is -0.481 e. The van der Waals surface area contributed by atoms with Gasteiger partial charge in [0, 0.05) is 20.0 Å². The second-order valence-electron chi connectivity index (χ2n) is 7.35. The van der Waals surface area contributed by atoms with Crippen molar-refractivity contribution in [2.75, 3.05) is 20.3 Å². The smallest absolute Gasteiger partial charge is 0.332 e. The summed E-state index contributed by atoms with van der Waals surface area (Å²) < 4.78 is 9.95. The van der Waals surface area contributed by atoms with Gasteiger partial charge in [-0.25, -0.2) is 4.79 Å². The van der Waals surface area contributed by atoms with E-state index in [-0.39, 0.29) is 18.8 Å². The van der Waals surface area contributed by atoms with Crippen molar-refractivity contribution in [2.24, 2.45) is 17.8 Å². The molecule has 0 aliphatic heterocycles. The van der Waals surface area contributed by atoms with E-state index in [0.29, 0.717) is 37.9 Å². The maximum absolute atomic E-state index is 10.7. The first kappa shape index (κ1) is 27.5. The molecule has 0 fully saturated rings.